The molecule has 1 amide bonds. The number of H-pyrrole nitrogens is 1. The summed E-state index contributed by atoms with van der Waals surface area (Å²) in [6.07, 6.45) is 5.66. The van der Waals surface area contributed by atoms with E-state index in [4.69, 9.17) is 11.5 Å². The Morgan fingerprint density at radius 2 is 2.32 bits per heavy atom. The second kappa shape index (κ2) is 5.38. The van der Waals surface area contributed by atoms with Crippen LogP contribution in [0.1, 0.15) is 35.6 Å². The third kappa shape index (κ3) is 2.82. The maximum Gasteiger partial charge on any atom is 0.252 e. The molecule has 19 heavy (non-hydrogen) atoms. The molecule has 0 bridgehead atoms. The van der Waals surface area contributed by atoms with E-state index in [1.807, 2.05) is 6.92 Å². The first kappa shape index (κ1) is 12.9. The SMILES string of the molecule is CCC(Nc1ncc(N)cc1C(N)=O)c1ncc[nH]1. The van der Waals surface area contributed by atoms with Gasteiger partial charge < -0.3 is 21.8 Å². The highest BCUT2D eigenvalue weighted by Gasteiger charge is 2.16. The van der Waals surface area contributed by atoms with Crippen LogP contribution in [0.4, 0.5) is 11.5 Å². The van der Waals surface area contributed by atoms with E-state index in [1.165, 1.54) is 12.3 Å². The van der Waals surface area contributed by atoms with Crippen molar-refractivity contribution < 1.29 is 4.79 Å². The molecule has 0 saturated carbocycles. The fourth-order valence-electron chi connectivity index (χ4n) is 1.78. The minimum Gasteiger partial charge on any atom is -0.397 e. The van der Waals surface area contributed by atoms with E-state index in [0.717, 1.165) is 12.2 Å². The van der Waals surface area contributed by atoms with Gasteiger partial charge in [0.25, 0.3) is 5.91 Å². The molecule has 0 radical (unpaired) electrons. The second-order valence-electron chi connectivity index (χ2n) is 4.11. The number of nitrogens with zero attached hydrogens (tertiary/aromatic N) is 2. The van der Waals surface area contributed by atoms with Crippen LogP contribution >= 0.6 is 0 Å². The number of pyridine rings is 1. The minimum absolute atomic E-state index is 0.0794. The highest BCUT2D eigenvalue weighted by atomic mass is 16.1. The van der Waals surface area contributed by atoms with E-state index in [1.54, 1.807) is 12.4 Å². The molecule has 1 atom stereocenters. The van der Waals surface area contributed by atoms with E-state index < -0.39 is 5.91 Å². The number of primary amides is 1. The number of aromatic amines is 1. The summed E-state index contributed by atoms with van der Waals surface area (Å²) in [6, 6.07) is 1.43. The van der Waals surface area contributed by atoms with E-state index in [2.05, 4.69) is 20.3 Å². The highest BCUT2D eigenvalue weighted by Crippen LogP contribution is 2.22. The summed E-state index contributed by atoms with van der Waals surface area (Å²) in [5.41, 5.74) is 11.6. The number of imidazole rings is 1. The van der Waals surface area contributed by atoms with E-state index in [-0.39, 0.29) is 11.6 Å². The smallest absolute Gasteiger partial charge is 0.252 e. The maximum absolute atomic E-state index is 11.4. The van der Waals surface area contributed by atoms with Gasteiger partial charge in [-0.1, -0.05) is 6.92 Å². The maximum atomic E-state index is 11.4. The average molecular weight is 260 g/mol. The normalized spacial score (nSPS) is 12.1. The van der Waals surface area contributed by atoms with Gasteiger partial charge in [0.05, 0.1) is 23.5 Å². The van der Waals surface area contributed by atoms with Crippen molar-refractivity contribution >= 4 is 17.4 Å². The Balaban J connectivity index is 2.29. The molecular formula is C12H16N6O. The van der Waals surface area contributed by atoms with Crippen LogP contribution in [-0.4, -0.2) is 20.9 Å². The van der Waals surface area contributed by atoms with Crippen LogP contribution in [-0.2, 0) is 0 Å². The number of nitrogen functional groups attached to an aromatic ring is 1. The molecule has 0 aliphatic carbocycles. The lowest BCUT2D eigenvalue weighted by molar-refractivity contribution is 0.100. The van der Waals surface area contributed by atoms with Gasteiger partial charge in [-0.2, -0.15) is 0 Å². The molecule has 100 valence electrons. The number of rotatable bonds is 5. The Morgan fingerprint density at radius 3 is 2.89 bits per heavy atom. The molecule has 7 heteroatoms. The van der Waals surface area contributed by atoms with Gasteiger partial charge in [0, 0.05) is 12.4 Å². The fraction of sp³-hybridized carbons (Fsp3) is 0.250. The monoisotopic (exact) mass is 260 g/mol. The largest absolute Gasteiger partial charge is 0.397 e. The quantitative estimate of drug-likeness (QED) is 0.640. The molecule has 7 nitrogen and oxygen atoms in total. The summed E-state index contributed by atoms with van der Waals surface area (Å²) in [4.78, 5) is 22.7. The van der Waals surface area contributed by atoms with Gasteiger partial charge in [-0.25, -0.2) is 9.97 Å². The molecule has 2 aromatic rings. The molecule has 1 unspecified atom stereocenters. The Hall–Kier alpha value is -2.57. The Bertz CT molecular complexity index is 566. The number of hydrogen-bond donors (Lipinski definition) is 4. The van der Waals surface area contributed by atoms with Crippen LogP contribution in [0.25, 0.3) is 0 Å². The van der Waals surface area contributed by atoms with Gasteiger partial charge in [0.1, 0.15) is 11.6 Å². The lowest BCUT2D eigenvalue weighted by Crippen LogP contribution is -2.19. The molecule has 0 fully saturated rings. The highest BCUT2D eigenvalue weighted by molar-refractivity contribution is 5.98. The standard InChI is InChI=1S/C12H16N6O/c1-2-9(12-15-3-4-16-12)18-11-8(10(14)19)5-7(13)6-17-11/h3-6,9H,2,13H2,1H3,(H2,14,19)(H,15,16)(H,17,18). The average Bonchev–Trinajstić information content (AvgIpc) is 2.90. The lowest BCUT2D eigenvalue weighted by Gasteiger charge is -2.17. The number of anilines is 2. The van der Waals surface area contributed by atoms with Crippen LogP contribution in [0, 0.1) is 0 Å². The number of nitrogens with one attached hydrogen (secondary N) is 2. The topological polar surface area (TPSA) is 123 Å². The molecule has 0 spiro atoms. The third-order valence-corrected chi connectivity index (χ3v) is 2.74. The van der Waals surface area contributed by atoms with Gasteiger partial charge in [-0.05, 0) is 12.5 Å². The van der Waals surface area contributed by atoms with Gasteiger partial charge in [0.2, 0.25) is 0 Å². The number of amides is 1. The summed E-state index contributed by atoms with van der Waals surface area (Å²) >= 11 is 0. The van der Waals surface area contributed by atoms with Crippen molar-refractivity contribution in [3.05, 3.63) is 36.0 Å². The molecule has 2 rings (SSSR count). The second-order valence-corrected chi connectivity index (χ2v) is 4.11. The molecule has 6 N–H and O–H groups in total. The third-order valence-electron chi connectivity index (χ3n) is 2.74. The van der Waals surface area contributed by atoms with Crippen molar-refractivity contribution in [1.82, 2.24) is 15.0 Å². The van der Waals surface area contributed by atoms with Crippen LogP contribution in [0.3, 0.4) is 0 Å². The van der Waals surface area contributed by atoms with Crippen LogP contribution in [0.2, 0.25) is 0 Å². The number of nitrogens with two attached hydrogens (primary N) is 2. The van der Waals surface area contributed by atoms with Crippen LogP contribution in [0.15, 0.2) is 24.7 Å². The van der Waals surface area contributed by atoms with E-state index >= 15 is 0 Å². The predicted molar refractivity (Wildman–Crippen MR) is 72.4 cm³/mol. The zero-order chi connectivity index (χ0) is 13.8. The van der Waals surface area contributed by atoms with Crippen molar-refractivity contribution in [1.29, 1.82) is 0 Å². The van der Waals surface area contributed by atoms with Gasteiger partial charge in [0.15, 0.2) is 0 Å². The van der Waals surface area contributed by atoms with Crippen molar-refractivity contribution in [2.75, 3.05) is 11.1 Å². The predicted octanol–water partition coefficient (Wildman–Crippen LogP) is 1.05. The Morgan fingerprint density at radius 1 is 1.53 bits per heavy atom. The molecule has 0 aliphatic heterocycles. The molecule has 0 aliphatic rings. The minimum atomic E-state index is -0.573. The van der Waals surface area contributed by atoms with Crippen molar-refractivity contribution in [2.24, 2.45) is 5.73 Å². The summed E-state index contributed by atoms with van der Waals surface area (Å²) in [6.45, 7) is 2.00. The molecule has 2 heterocycles. The lowest BCUT2D eigenvalue weighted by atomic mass is 10.1. The van der Waals surface area contributed by atoms with Gasteiger partial charge in [-0.15, -0.1) is 0 Å². The van der Waals surface area contributed by atoms with Crippen molar-refractivity contribution in [3.63, 3.8) is 0 Å². The first-order chi connectivity index (χ1) is 9.11. The number of carbonyl (C=O) groups is 1. The number of hydrogen-bond acceptors (Lipinski definition) is 5. The first-order valence-corrected chi connectivity index (χ1v) is 5.93. The Kier molecular flexibility index (Phi) is 3.65. The molecule has 0 saturated heterocycles. The van der Waals surface area contributed by atoms with E-state index in [0.29, 0.717) is 11.5 Å². The summed E-state index contributed by atoms with van der Waals surface area (Å²) in [7, 11) is 0. The van der Waals surface area contributed by atoms with Crippen molar-refractivity contribution in [2.45, 2.75) is 19.4 Å². The van der Waals surface area contributed by atoms with Crippen LogP contribution < -0.4 is 16.8 Å². The molecule has 2 aromatic heterocycles. The van der Waals surface area contributed by atoms with Gasteiger partial charge >= 0.3 is 0 Å². The first-order valence-electron chi connectivity index (χ1n) is 5.93. The number of carbonyl (C=O) groups excluding carboxylic acids is 1. The molecular weight excluding hydrogens is 244 g/mol. The fourth-order valence-corrected chi connectivity index (χ4v) is 1.78. The summed E-state index contributed by atoms with van der Waals surface area (Å²) in [5, 5.41) is 3.15. The van der Waals surface area contributed by atoms with E-state index in [9.17, 15) is 4.79 Å². The zero-order valence-electron chi connectivity index (χ0n) is 10.6. The van der Waals surface area contributed by atoms with Gasteiger partial charge in [-0.3, -0.25) is 4.79 Å². The number of aromatic nitrogens is 3. The summed E-state index contributed by atoms with van der Waals surface area (Å²) in [5.74, 6) is 0.609. The Labute approximate surface area is 110 Å². The van der Waals surface area contributed by atoms with Crippen molar-refractivity contribution in [3.8, 4) is 0 Å². The molecule has 0 aromatic carbocycles. The zero-order valence-corrected chi connectivity index (χ0v) is 10.6. The summed E-state index contributed by atoms with van der Waals surface area (Å²) < 4.78 is 0. The van der Waals surface area contributed by atoms with Crippen LogP contribution in [0.5, 0.6) is 0 Å².